The molecule has 2 heterocycles. The number of nitrogens with zero attached hydrogens (tertiary/aromatic N) is 1. The summed E-state index contributed by atoms with van der Waals surface area (Å²) in [4.78, 5) is 2.06. The zero-order valence-corrected chi connectivity index (χ0v) is 12.0. The number of hydrogen-bond acceptors (Lipinski definition) is 4. The molecule has 1 aliphatic rings. The van der Waals surface area contributed by atoms with Crippen molar-refractivity contribution in [3.63, 3.8) is 0 Å². The molecular weight excluding hydrogens is 254 g/mol. The molecule has 1 N–H and O–H groups in total. The maximum Gasteiger partial charge on any atom is 0.131 e. The summed E-state index contributed by atoms with van der Waals surface area (Å²) in [7, 11) is 3.61. The maximum atomic E-state index is 11.2. The molecule has 0 amide bonds. The molecule has 3 rings (SSSR count). The minimum Gasteiger partial charge on any atom is -0.497 e. The summed E-state index contributed by atoms with van der Waals surface area (Å²) in [5.41, 5.74) is 0.626. The molecule has 106 valence electrons. The highest BCUT2D eigenvalue weighted by atomic mass is 16.5. The fourth-order valence-electron chi connectivity index (χ4n) is 2.93. The number of rotatable bonds is 2. The third-order valence-corrected chi connectivity index (χ3v) is 3.84. The molecule has 0 saturated heterocycles. The van der Waals surface area contributed by atoms with E-state index in [-0.39, 0.29) is 0 Å². The van der Waals surface area contributed by atoms with Crippen molar-refractivity contribution >= 4 is 0 Å². The largest absolute Gasteiger partial charge is 0.497 e. The van der Waals surface area contributed by atoms with Crippen molar-refractivity contribution in [1.29, 1.82) is 0 Å². The molecule has 4 heteroatoms. The van der Waals surface area contributed by atoms with Gasteiger partial charge in [-0.05, 0) is 37.7 Å². The Kier molecular flexibility index (Phi) is 3.07. The van der Waals surface area contributed by atoms with E-state index in [0.29, 0.717) is 6.54 Å². The summed E-state index contributed by atoms with van der Waals surface area (Å²) in [6.45, 7) is 3.16. The van der Waals surface area contributed by atoms with E-state index in [2.05, 4.69) is 4.90 Å². The lowest BCUT2D eigenvalue weighted by molar-refractivity contribution is 0.0232. The Labute approximate surface area is 118 Å². The average Bonchev–Trinajstić information content (AvgIpc) is 2.80. The van der Waals surface area contributed by atoms with Crippen molar-refractivity contribution < 1.29 is 14.3 Å². The van der Waals surface area contributed by atoms with Crippen molar-refractivity contribution in [1.82, 2.24) is 4.90 Å². The number of fused-ring (bicyclic) bond motifs is 1. The molecule has 0 bridgehead atoms. The van der Waals surface area contributed by atoms with Gasteiger partial charge >= 0.3 is 0 Å². The predicted octanol–water partition coefficient (Wildman–Crippen LogP) is 2.28. The Hall–Kier alpha value is -1.78. The highest BCUT2D eigenvalue weighted by Gasteiger charge is 2.40. The zero-order valence-electron chi connectivity index (χ0n) is 12.0. The highest BCUT2D eigenvalue weighted by molar-refractivity contribution is 5.43. The Morgan fingerprint density at radius 2 is 2.15 bits per heavy atom. The molecule has 2 aromatic rings. The van der Waals surface area contributed by atoms with Crippen LogP contribution in [0.5, 0.6) is 5.75 Å². The highest BCUT2D eigenvalue weighted by Crippen LogP contribution is 2.39. The van der Waals surface area contributed by atoms with Gasteiger partial charge in [0.1, 0.15) is 22.9 Å². The zero-order chi connectivity index (χ0) is 14.3. The Morgan fingerprint density at radius 3 is 2.90 bits per heavy atom. The SMILES string of the molecule is COc1cccc(C2(O)CN(C)Cc3oc(C)cc32)c1. The molecule has 1 atom stereocenters. The van der Waals surface area contributed by atoms with Crippen LogP contribution < -0.4 is 4.74 Å². The van der Waals surface area contributed by atoms with Crippen LogP contribution in [-0.4, -0.2) is 30.7 Å². The molecular formula is C16H19NO3. The lowest BCUT2D eigenvalue weighted by Crippen LogP contribution is -2.44. The predicted molar refractivity (Wildman–Crippen MR) is 75.8 cm³/mol. The van der Waals surface area contributed by atoms with Gasteiger partial charge in [0, 0.05) is 12.1 Å². The van der Waals surface area contributed by atoms with Crippen LogP contribution in [0.3, 0.4) is 0 Å². The minimum atomic E-state index is -1.06. The number of likely N-dealkylation sites (N-methyl/N-ethyl adjacent to an activating group) is 1. The van der Waals surface area contributed by atoms with Crippen molar-refractivity contribution in [3.8, 4) is 5.75 Å². The Balaban J connectivity index is 2.14. The summed E-state index contributed by atoms with van der Waals surface area (Å²) in [6.07, 6.45) is 0. The first-order valence-electron chi connectivity index (χ1n) is 6.68. The summed E-state index contributed by atoms with van der Waals surface area (Å²) in [5, 5.41) is 11.2. The number of aryl methyl sites for hydroxylation is 1. The first kappa shape index (κ1) is 13.2. The Morgan fingerprint density at radius 1 is 1.35 bits per heavy atom. The van der Waals surface area contributed by atoms with Gasteiger partial charge in [0.2, 0.25) is 0 Å². The molecule has 4 nitrogen and oxygen atoms in total. The smallest absolute Gasteiger partial charge is 0.131 e. The second-order valence-corrected chi connectivity index (χ2v) is 5.46. The number of benzene rings is 1. The average molecular weight is 273 g/mol. The van der Waals surface area contributed by atoms with Crippen LogP contribution in [0.1, 0.15) is 22.6 Å². The van der Waals surface area contributed by atoms with E-state index in [1.807, 2.05) is 44.3 Å². The quantitative estimate of drug-likeness (QED) is 0.912. The number of hydrogen-bond donors (Lipinski definition) is 1. The molecule has 0 spiro atoms. The van der Waals surface area contributed by atoms with Crippen molar-refractivity contribution in [2.75, 3.05) is 20.7 Å². The van der Waals surface area contributed by atoms with Crippen LogP contribution in [0.15, 0.2) is 34.7 Å². The molecule has 1 aliphatic heterocycles. The fourth-order valence-corrected chi connectivity index (χ4v) is 2.93. The Bertz CT molecular complexity index is 634. The molecule has 1 aromatic carbocycles. The summed E-state index contributed by atoms with van der Waals surface area (Å²) in [6, 6.07) is 9.51. The summed E-state index contributed by atoms with van der Waals surface area (Å²) < 4.78 is 11.0. The van der Waals surface area contributed by atoms with Gasteiger partial charge in [-0.2, -0.15) is 0 Å². The lowest BCUT2D eigenvalue weighted by atomic mass is 9.83. The second kappa shape index (κ2) is 4.65. The van der Waals surface area contributed by atoms with Crippen molar-refractivity contribution in [3.05, 3.63) is 53.0 Å². The summed E-state index contributed by atoms with van der Waals surface area (Å²) >= 11 is 0. The third-order valence-electron chi connectivity index (χ3n) is 3.84. The minimum absolute atomic E-state index is 0.534. The standard InChI is InChI=1S/C16H19NO3/c1-11-7-14-15(20-11)9-17(2)10-16(14,18)12-5-4-6-13(8-12)19-3/h4-8,18H,9-10H2,1-3H3. The van der Waals surface area contributed by atoms with Crippen LogP contribution in [0.4, 0.5) is 0 Å². The number of aliphatic hydroxyl groups is 1. The fraction of sp³-hybridized carbons (Fsp3) is 0.375. The van der Waals surface area contributed by atoms with E-state index >= 15 is 0 Å². The number of β-amino-alcohol motifs (C(OH)–C–C–N with tert-alkyl or cyclic N) is 1. The van der Waals surface area contributed by atoms with E-state index in [1.54, 1.807) is 7.11 Å². The van der Waals surface area contributed by atoms with Gasteiger partial charge in [-0.1, -0.05) is 12.1 Å². The van der Waals surface area contributed by atoms with Crippen molar-refractivity contribution in [2.24, 2.45) is 0 Å². The van der Waals surface area contributed by atoms with Crippen LogP contribution in [-0.2, 0) is 12.1 Å². The van der Waals surface area contributed by atoms with Gasteiger partial charge in [0.15, 0.2) is 0 Å². The van der Waals surface area contributed by atoms with Gasteiger partial charge in [-0.3, -0.25) is 4.90 Å². The molecule has 20 heavy (non-hydrogen) atoms. The van der Waals surface area contributed by atoms with Crippen LogP contribution in [0, 0.1) is 6.92 Å². The van der Waals surface area contributed by atoms with E-state index in [9.17, 15) is 5.11 Å². The second-order valence-electron chi connectivity index (χ2n) is 5.46. The first-order chi connectivity index (χ1) is 9.53. The van der Waals surface area contributed by atoms with E-state index in [1.165, 1.54) is 0 Å². The maximum absolute atomic E-state index is 11.2. The van der Waals surface area contributed by atoms with E-state index in [0.717, 1.165) is 34.9 Å². The van der Waals surface area contributed by atoms with Crippen LogP contribution in [0.2, 0.25) is 0 Å². The van der Waals surface area contributed by atoms with Crippen molar-refractivity contribution in [2.45, 2.75) is 19.1 Å². The lowest BCUT2D eigenvalue weighted by Gasteiger charge is -2.37. The van der Waals surface area contributed by atoms with E-state index in [4.69, 9.17) is 9.15 Å². The number of methoxy groups -OCH3 is 1. The molecule has 0 fully saturated rings. The van der Waals surface area contributed by atoms with Gasteiger partial charge in [-0.25, -0.2) is 0 Å². The normalized spacial score (nSPS) is 22.6. The third kappa shape index (κ3) is 2.01. The molecule has 0 radical (unpaired) electrons. The molecule has 0 aliphatic carbocycles. The van der Waals surface area contributed by atoms with Gasteiger partial charge in [-0.15, -0.1) is 0 Å². The number of furan rings is 1. The van der Waals surface area contributed by atoms with Gasteiger partial charge < -0.3 is 14.3 Å². The molecule has 0 saturated carbocycles. The monoisotopic (exact) mass is 273 g/mol. The summed E-state index contributed by atoms with van der Waals surface area (Å²) in [5.74, 6) is 2.40. The van der Waals surface area contributed by atoms with Crippen LogP contribution >= 0.6 is 0 Å². The molecule has 1 aromatic heterocycles. The van der Waals surface area contributed by atoms with Crippen LogP contribution in [0.25, 0.3) is 0 Å². The van der Waals surface area contributed by atoms with E-state index < -0.39 is 5.60 Å². The van der Waals surface area contributed by atoms with Gasteiger partial charge in [0.05, 0.1) is 13.7 Å². The first-order valence-corrected chi connectivity index (χ1v) is 6.68. The molecule has 1 unspecified atom stereocenters. The van der Waals surface area contributed by atoms with Gasteiger partial charge in [0.25, 0.3) is 0 Å². The number of ether oxygens (including phenoxy) is 1. The topological polar surface area (TPSA) is 45.8 Å².